The SMILES string of the molecule is CCCC[Si](C)(C)O[Si](C)(C)O[Si](C)(O[Si](C)(C)O[Si](C)(C)C)O[Si](C)(CCCOCC(O)O)O[Si](C)(C)C. The predicted molar refractivity (Wildman–Crippen MR) is 177 cm³/mol. The maximum Gasteiger partial charge on any atom is 0.470 e. The monoisotopic (exact) mass is 678 g/mol. The molecule has 2 atom stereocenters. The van der Waals surface area contributed by atoms with Gasteiger partial charge in [-0.1, -0.05) is 19.8 Å². The van der Waals surface area contributed by atoms with Crippen molar-refractivity contribution < 1.29 is 39.6 Å². The number of ether oxygens (including phenoxy) is 1. The van der Waals surface area contributed by atoms with E-state index in [0.29, 0.717) is 19.1 Å². The van der Waals surface area contributed by atoms with Gasteiger partial charge in [0.05, 0.1) is 6.61 Å². The van der Waals surface area contributed by atoms with E-state index >= 15 is 0 Å². The van der Waals surface area contributed by atoms with E-state index in [-0.39, 0.29) is 6.61 Å². The Kier molecular flexibility index (Phi) is 16.2. The molecule has 236 valence electrons. The van der Waals surface area contributed by atoms with E-state index in [1.165, 1.54) is 0 Å². The zero-order valence-electron chi connectivity index (χ0n) is 27.8. The van der Waals surface area contributed by atoms with Crippen LogP contribution in [0.15, 0.2) is 0 Å². The summed E-state index contributed by atoms with van der Waals surface area (Å²) in [5, 5.41) is 18.2. The minimum absolute atomic E-state index is 0.116. The molecule has 0 radical (unpaired) electrons. The summed E-state index contributed by atoms with van der Waals surface area (Å²) in [5.41, 5.74) is 0. The zero-order chi connectivity index (χ0) is 31.0. The Hall–Kier alpha value is 1.16. The normalized spacial score (nSPS) is 17.4. The van der Waals surface area contributed by atoms with E-state index in [0.717, 1.165) is 18.9 Å². The Balaban J connectivity index is 6.19. The molecule has 0 amide bonds. The summed E-state index contributed by atoms with van der Waals surface area (Å²) in [5.74, 6) is 0. The molecule has 0 aliphatic rings. The predicted octanol–water partition coefficient (Wildman–Crippen LogP) is 6.52. The highest BCUT2D eigenvalue weighted by atomic mass is 28.5. The van der Waals surface area contributed by atoms with E-state index in [9.17, 15) is 0 Å². The lowest BCUT2D eigenvalue weighted by Gasteiger charge is -2.46. The topological polar surface area (TPSA) is 105 Å². The number of aliphatic hydroxyl groups excluding tert-OH is 1. The van der Waals surface area contributed by atoms with Crippen molar-refractivity contribution in [3.05, 3.63) is 0 Å². The smallest absolute Gasteiger partial charge is 0.437 e. The fourth-order valence-corrected chi connectivity index (χ4v) is 38.1. The third-order valence-electron chi connectivity index (χ3n) is 5.18. The van der Waals surface area contributed by atoms with Crippen LogP contribution in [0.2, 0.25) is 104 Å². The third-order valence-corrected chi connectivity index (χ3v) is 30.9. The van der Waals surface area contributed by atoms with Crippen molar-refractivity contribution in [1.29, 1.82) is 0 Å². The van der Waals surface area contributed by atoms with E-state index in [1.54, 1.807) is 0 Å². The van der Waals surface area contributed by atoms with E-state index in [1.807, 2.05) is 6.55 Å². The van der Waals surface area contributed by atoms with Gasteiger partial charge in [0.2, 0.25) is 0 Å². The van der Waals surface area contributed by atoms with Crippen LogP contribution in [0.3, 0.4) is 0 Å². The highest BCUT2D eigenvalue weighted by molar-refractivity contribution is 6.92. The molecular formula is C23H62O9Si7. The molecule has 0 heterocycles. The van der Waals surface area contributed by atoms with Crippen LogP contribution in [0.1, 0.15) is 26.2 Å². The molecule has 0 aliphatic heterocycles. The first-order valence-corrected chi connectivity index (χ1v) is 34.7. The number of aliphatic hydroxyl groups is 2. The Labute approximate surface area is 247 Å². The molecule has 0 rings (SSSR count). The maximum absolute atomic E-state index is 9.10. The van der Waals surface area contributed by atoms with Gasteiger partial charge >= 0.3 is 34.5 Å². The first-order chi connectivity index (χ1) is 17.2. The lowest BCUT2D eigenvalue weighted by atomic mass is 10.4. The van der Waals surface area contributed by atoms with Gasteiger partial charge in [0.25, 0.3) is 0 Å². The second-order valence-electron chi connectivity index (χ2n) is 14.2. The minimum Gasteiger partial charge on any atom is -0.437 e. The molecule has 0 saturated carbocycles. The van der Waals surface area contributed by atoms with Gasteiger partial charge in [0.1, 0.15) is 0 Å². The number of rotatable bonds is 21. The van der Waals surface area contributed by atoms with Gasteiger partial charge < -0.3 is 39.6 Å². The molecule has 0 aliphatic carbocycles. The average molecular weight is 679 g/mol. The van der Waals surface area contributed by atoms with Gasteiger partial charge in [-0.3, -0.25) is 0 Å². The van der Waals surface area contributed by atoms with Crippen molar-refractivity contribution in [3.8, 4) is 0 Å². The second kappa shape index (κ2) is 15.8. The molecule has 0 bridgehead atoms. The van der Waals surface area contributed by atoms with Gasteiger partial charge in [0.15, 0.2) is 31.2 Å². The van der Waals surface area contributed by atoms with Crippen LogP contribution in [0, 0.1) is 0 Å². The summed E-state index contributed by atoms with van der Waals surface area (Å²) in [6.45, 7) is 32.5. The molecule has 0 aromatic heterocycles. The van der Waals surface area contributed by atoms with Crippen LogP contribution in [-0.2, 0) is 29.4 Å². The highest BCUT2D eigenvalue weighted by Crippen LogP contribution is 2.33. The minimum atomic E-state index is -3.32. The molecule has 2 N–H and O–H groups in total. The van der Waals surface area contributed by atoms with Crippen LogP contribution >= 0.6 is 0 Å². The summed E-state index contributed by atoms with van der Waals surface area (Å²) in [6, 6.07) is 1.76. The standard InChI is InChI=1S/C23H62O9Si7/c1-16-17-20-35(8,9)29-37(12,13)31-39(15,30-36(10,11)27-33(2,3)4)32-38(14,28-34(5,6)7)21-18-19-26-22-23(24)25/h23-25H,16-22H2,1-15H3. The van der Waals surface area contributed by atoms with Gasteiger partial charge in [0, 0.05) is 13.2 Å². The zero-order valence-corrected chi connectivity index (χ0v) is 34.8. The maximum atomic E-state index is 9.10. The fourth-order valence-electron chi connectivity index (χ4n) is 4.90. The Bertz CT molecular complexity index is 715. The van der Waals surface area contributed by atoms with Crippen LogP contribution in [0.4, 0.5) is 0 Å². The summed E-state index contributed by atoms with van der Waals surface area (Å²) in [7, 11) is -17.2. The van der Waals surface area contributed by atoms with Gasteiger partial charge in [-0.25, -0.2) is 0 Å². The van der Waals surface area contributed by atoms with Gasteiger partial charge in [-0.15, -0.1) is 0 Å². The van der Waals surface area contributed by atoms with Crippen molar-refractivity contribution in [2.24, 2.45) is 0 Å². The first kappa shape index (κ1) is 40.2. The fraction of sp³-hybridized carbons (Fsp3) is 1.00. The molecule has 0 fully saturated rings. The van der Waals surface area contributed by atoms with Gasteiger partial charge in [-0.05, 0) is 104 Å². The summed E-state index contributed by atoms with van der Waals surface area (Å²) >= 11 is 0. The van der Waals surface area contributed by atoms with Crippen molar-refractivity contribution in [2.45, 2.75) is 136 Å². The molecule has 0 aromatic carbocycles. The van der Waals surface area contributed by atoms with Crippen molar-refractivity contribution >= 4 is 59.4 Å². The van der Waals surface area contributed by atoms with E-state index < -0.39 is 65.7 Å². The van der Waals surface area contributed by atoms with E-state index in [4.69, 9.17) is 39.6 Å². The van der Waals surface area contributed by atoms with Crippen LogP contribution in [-0.4, -0.2) is 89.2 Å². The van der Waals surface area contributed by atoms with Crippen LogP contribution in [0.25, 0.3) is 0 Å². The first-order valence-electron chi connectivity index (χ1n) is 14.4. The molecular weight excluding hydrogens is 617 g/mol. The quantitative estimate of drug-likeness (QED) is 0.0797. The summed E-state index contributed by atoms with van der Waals surface area (Å²) in [6.07, 6.45) is 1.50. The third kappa shape index (κ3) is 20.7. The summed E-state index contributed by atoms with van der Waals surface area (Å²) < 4.78 is 46.5. The Morgan fingerprint density at radius 2 is 1.05 bits per heavy atom. The van der Waals surface area contributed by atoms with Crippen LogP contribution < -0.4 is 0 Å². The number of hydrogen-bond donors (Lipinski definition) is 2. The molecule has 0 aromatic rings. The van der Waals surface area contributed by atoms with Crippen LogP contribution in [0.5, 0.6) is 0 Å². The van der Waals surface area contributed by atoms with E-state index in [2.05, 4.69) is 92.0 Å². The molecule has 16 heteroatoms. The van der Waals surface area contributed by atoms with Crippen molar-refractivity contribution in [3.63, 3.8) is 0 Å². The Morgan fingerprint density at radius 1 is 0.564 bits per heavy atom. The molecule has 0 spiro atoms. The number of unbranched alkanes of at least 4 members (excludes halogenated alkanes) is 1. The van der Waals surface area contributed by atoms with Gasteiger partial charge in [-0.2, -0.15) is 0 Å². The molecule has 2 unspecified atom stereocenters. The molecule has 9 nitrogen and oxygen atoms in total. The second-order valence-corrected chi connectivity index (χ2v) is 41.6. The highest BCUT2D eigenvalue weighted by Gasteiger charge is 2.54. The molecule has 39 heavy (non-hydrogen) atoms. The molecule has 0 saturated heterocycles. The Morgan fingerprint density at radius 3 is 1.49 bits per heavy atom. The lowest BCUT2D eigenvalue weighted by Crippen LogP contribution is -2.65. The summed E-state index contributed by atoms with van der Waals surface area (Å²) in [4.78, 5) is 0. The lowest BCUT2D eigenvalue weighted by molar-refractivity contribution is -0.0945. The van der Waals surface area contributed by atoms with Crippen molar-refractivity contribution in [1.82, 2.24) is 0 Å². The number of hydrogen-bond acceptors (Lipinski definition) is 9. The largest absolute Gasteiger partial charge is 0.470 e. The average Bonchev–Trinajstić information content (AvgIpc) is 2.59. The van der Waals surface area contributed by atoms with Crippen molar-refractivity contribution in [2.75, 3.05) is 13.2 Å².